The van der Waals surface area contributed by atoms with E-state index in [1.54, 1.807) is 42.7 Å². The van der Waals surface area contributed by atoms with Gasteiger partial charge in [0.25, 0.3) is 0 Å². The first-order chi connectivity index (χ1) is 22.1. The standard InChI is InChI=1S/C39H51O6Si.3ClH.Ti/c1-20-21(2)26(7)36(25(20)6)46(37-27(8)22(3)30(40-11)17-33(37)43-14,38-28(9)23(4)31(41-12)18-34(38)44-15)39-29(10)24(5)32(42-13)19-35(39)45-16;;;;/h17-19H,1-16H3;3*1H;/q;;;;+3/p-3. The number of benzene rings is 3. The van der Waals surface area contributed by atoms with Crippen LogP contribution in [0.4, 0.5) is 0 Å². The molecule has 6 nitrogen and oxygen atoms in total. The molecule has 11 heteroatoms. The number of hydrogen-bond acceptors (Lipinski definition) is 6. The van der Waals surface area contributed by atoms with Crippen LogP contribution in [0, 0.1) is 41.5 Å². The van der Waals surface area contributed by atoms with Gasteiger partial charge in [-0.15, -0.1) is 0 Å². The van der Waals surface area contributed by atoms with Gasteiger partial charge >= 0.3 is 296 Å². The van der Waals surface area contributed by atoms with Crippen LogP contribution in [0.5, 0.6) is 34.5 Å². The van der Waals surface area contributed by atoms with Crippen LogP contribution in [0.3, 0.4) is 0 Å². The van der Waals surface area contributed by atoms with Gasteiger partial charge in [-0.05, 0) is 0 Å². The van der Waals surface area contributed by atoms with Crippen molar-refractivity contribution in [1.82, 2.24) is 0 Å². The van der Waals surface area contributed by atoms with E-state index >= 15 is 0 Å². The Bertz CT molecular complexity index is 1670. The van der Waals surface area contributed by atoms with Crippen molar-refractivity contribution >= 4 is 23.6 Å². The van der Waals surface area contributed by atoms with Crippen LogP contribution < -0.4 is 81.2 Å². The van der Waals surface area contributed by atoms with E-state index in [9.17, 15) is 0 Å². The van der Waals surface area contributed by atoms with Crippen molar-refractivity contribution in [3.63, 3.8) is 0 Å². The van der Waals surface area contributed by atoms with Crippen molar-refractivity contribution in [3.05, 3.63) is 73.5 Å². The summed E-state index contributed by atoms with van der Waals surface area (Å²) in [6.45, 7) is 22.2. The zero-order valence-corrected chi connectivity index (χ0v) is 37.1. The van der Waals surface area contributed by atoms with Gasteiger partial charge < -0.3 is 37.2 Å². The molecule has 0 spiro atoms. The first-order valence-electron chi connectivity index (χ1n) is 15.9. The van der Waals surface area contributed by atoms with Gasteiger partial charge in [0.15, 0.2) is 0 Å². The van der Waals surface area contributed by atoms with Crippen LogP contribution in [-0.2, 0) is 20.4 Å². The van der Waals surface area contributed by atoms with E-state index in [1.165, 1.54) is 21.9 Å². The molecule has 0 saturated carbocycles. The molecule has 0 fully saturated rings. The average Bonchev–Trinajstić information content (AvgIpc) is 3.21. The minimum Gasteiger partial charge on any atom is -1.00 e. The zero-order valence-electron chi connectivity index (χ0n) is 32.3. The minimum absolute atomic E-state index is 0. The van der Waals surface area contributed by atoms with Crippen LogP contribution in [0.15, 0.2) is 40.1 Å². The molecule has 1 aliphatic rings. The largest absolute Gasteiger partial charge is 1.00 e. The van der Waals surface area contributed by atoms with Crippen LogP contribution in [0.25, 0.3) is 0 Å². The quantitative estimate of drug-likeness (QED) is 0.175. The maximum atomic E-state index is 6.45. The summed E-state index contributed by atoms with van der Waals surface area (Å²) in [4.78, 5) is 0. The number of ether oxygens (including phenoxy) is 6. The van der Waals surface area contributed by atoms with Crippen molar-refractivity contribution in [2.24, 2.45) is 0 Å². The second kappa shape index (κ2) is 17.0. The molecule has 50 heavy (non-hydrogen) atoms. The van der Waals surface area contributed by atoms with Gasteiger partial charge in [-0.1, -0.05) is 0 Å². The third kappa shape index (κ3) is 6.60. The molecule has 1 atom stereocenters. The Morgan fingerprint density at radius 3 is 0.900 bits per heavy atom. The first kappa shape index (κ1) is 45.8. The maximum Gasteiger partial charge on any atom is -1.00 e. The van der Waals surface area contributed by atoms with Crippen molar-refractivity contribution in [2.75, 3.05) is 42.7 Å². The molecule has 0 N–H and O–H groups in total. The summed E-state index contributed by atoms with van der Waals surface area (Å²) in [5.41, 5.74) is 10.5. The fourth-order valence-corrected chi connectivity index (χ4v) is 16.4. The molecule has 1 aliphatic carbocycles. The smallest absolute Gasteiger partial charge is 1.00 e. The molecule has 0 bridgehead atoms. The van der Waals surface area contributed by atoms with Crippen molar-refractivity contribution in [1.29, 1.82) is 0 Å². The Balaban J connectivity index is 0.00000417. The van der Waals surface area contributed by atoms with E-state index < -0.39 is 8.07 Å². The molecule has 1 unspecified atom stereocenters. The van der Waals surface area contributed by atoms with Crippen LogP contribution >= 0.6 is 0 Å². The van der Waals surface area contributed by atoms with E-state index in [1.807, 2.05) is 0 Å². The Hall–Kier alpha value is -2.26. The second-order valence-corrected chi connectivity index (χ2v) is 17.9. The molecule has 0 heterocycles. The number of rotatable bonds is 10. The molecular weight excluding hydrogens is 747 g/mol. The monoisotopic (exact) mass is 796 g/mol. The third-order valence-corrected chi connectivity index (χ3v) is 18.1. The fraction of sp³-hybridized carbons (Fsp3) is 0.436. The van der Waals surface area contributed by atoms with Gasteiger partial charge in [0.2, 0.25) is 0 Å². The number of methoxy groups -OCH3 is 6. The molecule has 3 aromatic carbocycles. The van der Waals surface area contributed by atoms with Gasteiger partial charge in [-0.25, -0.2) is 0 Å². The Morgan fingerprint density at radius 1 is 0.440 bits per heavy atom. The van der Waals surface area contributed by atoms with Crippen LogP contribution in [0.1, 0.15) is 61.1 Å². The number of allylic oxidation sites excluding steroid dienone is 4. The fourth-order valence-electron chi connectivity index (χ4n) is 7.90. The summed E-state index contributed by atoms with van der Waals surface area (Å²) in [6.07, 6.45) is 0. The molecule has 0 saturated heterocycles. The molecule has 4 rings (SSSR count). The SMILES string of the molecule is COc1cc(OC)c([Si](C2=C(C)C(C)=C(C)[C]2(C)[Ti+3])(c2c(OC)cc(OC)c(C)c2C)c2c(OC)cc(OC)c(C)c2C)c(C)c1C.[Cl-].[Cl-].[Cl-]. The van der Waals surface area contributed by atoms with Gasteiger partial charge in [-0.2, -0.15) is 0 Å². The van der Waals surface area contributed by atoms with Crippen molar-refractivity contribution in [3.8, 4) is 34.5 Å². The van der Waals surface area contributed by atoms with E-state index in [2.05, 4.69) is 108 Å². The Labute approximate surface area is 331 Å². The van der Waals surface area contributed by atoms with Gasteiger partial charge in [0.1, 0.15) is 0 Å². The topological polar surface area (TPSA) is 55.4 Å². The molecular formula is C39H51Cl3O6SiTi. The first-order valence-corrected chi connectivity index (χ1v) is 18.7. The predicted octanol–water partition coefficient (Wildman–Crippen LogP) is -2.00. The molecule has 0 amide bonds. The summed E-state index contributed by atoms with van der Waals surface area (Å²) in [5.74, 6) is 4.70. The summed E-state index contributed by atoms with van der Waals surface area (Å²) in [7, 11) is 6.92. The van der Waals surface area contributed by atoms with Gasteiger partial charge in [0, 0.05) is 0 Å². The number of halogens is 3. The Morgan fingerprint density at radius 2 is 0.700 bits per heavy atom. The maximum absolute atomic E-state index is 6.45. The third-order valence-electron chi connectivity index (χ3n) is 11.0. The van der Waals surface area contributed by atoms with Crippen LogP contribution in [0.2, 0.25) is 3.72 Å². The van der Waals surface area contributed by atoms with E-state index in [4.69, 9.17) is 28.4 Å². The minimum atomic E-state index is -3.51. The van der Waals surface area contributed by atoms with Gasteiger partial charge in [-0.3, -0.25) is 0 Å². The molecule has 0 aliphatic heterocycles. The zero-order chi connectivity index (χ0) is 35.3. The van der Waals surface area contributed by atoms with E-state index in [-0.39, 0.29) is 40.9 Å². The molecule has 3 aromatic rings. The van der Waals surface area contributed by atoms with Crippen molar-refractivity contribution in [2.45, 2.75) is 73.0 Å². The summed E-state index contributed by atoms with van der Waals surface area (Å²) >= 11 is 2.37. The summed E-state index contributed by atoms with van der Waals surface area (Å²) in [5, 5.41) is 4.84. The van der Waals surface area contributed by atoms with Crippen molar-refractivity contribution < 1.29 is 86.1 Å². The van der Waals surface area contributed by atoms with Gasteiger partial charge in [0.05, 0.1) is 0 Å². The average molecular weight is 798 g/mol. The number of hydrogen-bond donors (Lipinski definition) is 0. The van der Waals surface area contributed by atoms with E-state index in [0.29, 0.717) is 0 Å². The van der Waals surface area contributed by atoms with Crippen LogP contribution in [-0.4, -0.2) is 50.7 Å². The molecule has 0 radical (unpaired) electrons. The Kier molecular flexibility index (Phi) is 15.6. The molecule has 0 aromatic heterocycles. The van der Waals surface area contributed by atoms with E-state index in [0.717, 1.165) is 83.4 Å². The summed E-state index contributed by atoms with van der Waals surface area (Å²) < 4.78 is 36.9. The normalized spacial score (nSPS) is 15.6. The summed E-state index contributed by atoms with van der Waals surface area (Å²) in [6, 6.07) is 6.17. The predicted molar refractivity (Wildman–Crippen MR) is 191 cm³/mol. The molecule has 272 valence electrons. The second-order valence-electron chi connectivity index (χ2n) is 12.8.